The molecule has 136 valence electrons. The van der Waals surface area contributed by atoms with Gasteiger partial charge in [-0.2, -0.15) is 0 Å². The summed E-state index contributed by atoms with van der Waals surface area (Å²) in [6, 6.07) is -0.674. The molecule has 7 nitrogen and oxygen atoms in total. The molecule has 0 saturated carbocycles. The largest absolute Gasteiger partial charge is 0.299 e. The van der Waals surface area contributed by atoms with E-state index in [1.165, 1.54) is 27.1 Å². The van der Waals surface area contributed by atoms with Crippen molar-refractivity contribution < 1.29 is 4.79 Å². The summed E-state index contributed by atoms with van der Waals surface area (Å²) < 4.78 is 1.42. The van der Waals surface area contributed by atoms with Crippen LogP contribution in [-0.2, 0) is 24.1 Å². The molecular formula is C17H19N5O2S2. The van der Waals surface area contributed by atoms with Gasteiger partial charge in [-0.25, -0.2) is 4.98 Å². The number of carbonyl (C=O) groups excluding carboxylic acids is 1. The normalized spacial score (nSPS) is 15.0. The summed E-state index contributed by atoms with van der Waals surface area (Å²) in [7, 11) is 0. The van der Waals surface area contributed by atoms with Crippen LogP contribution >= 0.6 is 22.7 Å². The minimum absolute atomic E-state index is 0.136. The molecule has 1 N–H and O–H groups in total. The molecule has 1 aliphatic rings. The first-order valence-corrected chi connectivity index (χ1v) is 10.4. The van der Waals surface area contributed by atoms with Crippen molar-refractivity contribution in [1.82, 2.24) is 19.7 Å². The molecule has 1 unspecified atom stereocenters. The molecule has 0 aliphatic heterocycles. The summed E-state index contributed by atoms with van der Waals surface area (Å²) in [5, 5.41) is 12.7. The number of rotatable bonds is 4. The van der Waals surface area contributed by atoms with Gasteiger partial charge in [0.25, 0.3) is 5.56 Å². The van der Waals surface area contributed by atoms with Crippen LogP contribution in [0.5, 0.6) is 0 Å². The monoisotopic (exact) mass is 389 g/mol. The van der Waals surface area contributed by atoms with E-state index in [-0.39, 0.29) is 11.5 Å². The molecule has 3 heterocycles. The van der Waals surface area contributed by atoms with E-state index in [1.807, 2.05) is 6.92 Å². The summed E-state index contributed by atoms with van der Waals surface area (Å²) >= 11 is 2.95. The van der Waals surface area contributed by atoms with Crippen molar-refractivity contribution in [3.63, 3.8) is 0 Å². The summed E-state index contributed by atoms with van der Waals surface area (Å²) in [4.78, 5) is 32.1. The maximum atomic E-state index is 13.0. The Morgan fingerprint density at radius 2 is 2.12 bits per heavy atom. The number of amides is 1. The lowest BCUT2D eigenvalue weighted by molar-refractivity contribution is -0.118. The maximum absolute atomic E-state index is 13.0. The number of anilines is 1. The van der Waals surface area contributed by atoms with E-state index in [2.05, 4.69) is 20.5 Å². The fraction of sp³-hybridized carbons (Fsp3) is 0.471. The van der Waals surface area contributed by atoms with Gasteiger partial charge in [0.05, 0.1) is 11.7 Å². The molecule has 4 rings (SSSR count). The van der Waals surface area contributed by atoms with Crippen LogP contribution in [0.25, 0.3) is 10.2 Å². The number of thiophene rings is 1. The molecule has 3 aromatic rings. The second kappa shape index (κ2) is 6.88. The zero-order valence-corrected chi connectivity index (χ0v) is 16.2. The highest BCUT2D eigenvalue weighted by molar-refractivity contribution is 7.18. The van der Waals surface area contributed by atoms with Crippen LogP contribution in [0.2, 0.25) is 0 Å². The van der Waals surface area contributed by atoms with Crippen molar-refractivity contribution >= 4 is 43.9 Å². The molecule has 1 atom stereocenters. The molecule has 0 aromatic carbocycles. The quantitative estimate of drug-likeness (QED) is 0.741. The second-order valence-electron chi connectivity index (χ2n) is 6.37. The Balaban J connectivity index is 1.66. The first-order chi connectivity index (χ1) is 12.6. The zero-order chi connectivity index (χ0) is 18.3. The summed E-state index contributed by atoms with van der Waals surface area (Å²) in [5.74, 6) is -0.295. The van der Waals surface area contributed by atoms with E-state index in [0.717, 1.165) is 47.5 Å². The lowest BCUT2D eigenvalue weighted by atomic mass is 9.97. The number of nitrogens with one attached hydrogen (secondary N) is 1. The fourth-order valence-electron chi connectivity index (χ4n) is 3.22. The first-order valence-electron chi connectivity index (χ1n) is 8.73. The Morgan fingerprint density at radius 1 is 1.31 bits per heavy atom. The van der Waals surface area contributed by atoms with Crippen molar-refractivity contribution in [2.75, 3.05) is 5.32 Å². The van der Waals surface area contributed by atoms with E-state index in [0.29, 0.717) is 10.5 Å². The van der Waals surface area contributed by atoms with Gasteiger partial charge in [0.2, 0.25) is 11.0 Å². The van der Waals surface area contributed by atoms with Crippen LogP contribution in [0.1, 0.15) is 48.2 Å². The SMILES string of the molecule is CCc1nnc(NC(=O)C(C)n2cnc3sc4c(c3c2=O)CCCC4)s1. The van der Waals surface area contributed by atoms with Crippen molar-refractivity contribution in [3.05, 3.63) is 32.1 Å². The number of hydrogen-bond donors (Lipinski definition) is 1. The van der Waals surface area contributed by atoms with E-state index in [1.54, 1.807) is 18.3 Å². The maximum Gasteiger partial charge on any atom is 0.263 e. The molecule has 9 heteroatoms. The minimum Gasteiger partial charge on any atom is -0.299 e. The Labute approximate surface area is 158 Å². The Bertz CT molecular complexity index is 1040. The van der Waals surface area contributed by atoms with Crippen LogP contribution < -0.4 is 10.9 Å². The van der Waals surface area contributed by atoms with Crippen molar-refractivity contribution in [2.24, 2.45) is 0 Å². The van der Waals surface area contributed by atoms with Gasteiger partial charge >= 0.3 is 0 Å². The molecule has 3 aromatic heterocycles. The highest BCUT2D eigenvalue weighted by atomic mass is 32.1. The van der Waals surface area contributed by atoms with Crippen LogP contribution in [0.4, 0.5) is 5.13 Å². The number of carbonyl (C=O) groups is 1. The van der Waals surface area contributed by atoms with E-state index >= 15 is 0 Å². The van der Waals surface area contributed by atoms with Gasteiger partial charge in [-0.05, 0) is 44.6 Å². The standard InChI is InChI=1S/C17H19N5O2S2/c1-3-12-20-21-17(26-12)19-14(23)9(2)22-8-18-15-13(16(22)24)10-6-4-5-7-11(10)25-15/h8-9H,3-7H2,1-2H3,(H,19,21,23). The molecule has 0 radical (unpaired) electrons. The molecule has 1 aliphatic carbocycles. The molecule has 0 fully saturated rings. The topological polar surface area (TPSA) is 89.8 Å². The summed E-state index contributed by atoms with van der Waals surface area (Å²) in [6.07, 6.45) is 6.44. The molecule has 0 saturated heterocycles. The number of hydrogen-bond acceptors (Lipinski definition) is 7. The van der Waals surface area contributed by atoms with E-state index in [4.69, 9.17) is 0 Å². The van der Waals surface area contributed by atoms with Crippen LogP contribution in [-0.4, -0.2) is 25.7 Å². The number of fused-ring (bicyclic) bond motifs is 3. The summed E-state index contributed by atoms with van der Waals surface area (Å²) in [5.41, 5.74) is 0.996. The molecule has 0 spiro atoms. The van der Waals surface area contributed by atoms with Crippen LogP contribution in [0.15, 0.2) is 11.1 Å². The van der Waals surface area contributed by atoms with Gasteiger partial charge in [-0.15, -0.1) is 21.5 Å². The lowest BCUT2D eigenvalue weighted by Crippen LogP contribution is -2.32. The third kappa shape index (κ3) is 2.95. The van der Waals surface area contributed by atoms with Crippen LogP contribution in [0.3, 0.4) is 0 Å². The van der Waals surface area contributed by atoms with Crippen molar-refractivity contribution in [1.29, 1.82) is 0 Å². The van der Waals surface area contributed by atoms with Gasteiger partial charge in [-0.1, -0.05) is 18.3 Å². The predicted octanol–water partition coefficient (Wildman–Crippen LogP) is 2.95. The Kier molecular flexibility index (Phi) is 4.58. The smallest absolute Gasteiger partial charge is 0.263 e. The van der Waals surface area contributed by atoms with Gasteiger partial charge in [0, 0.05) is 4.88 Å². The third-order valence-electron chi connectivity index (χ3n) is 4.70. The first kappa shape index (κ1) is 17.3. The Hall–Kier alpha value is -2.13. The molecule has 26 heavy (non-hydrogen) atoms. The van der Waals surface area contributed by atoms with Gasteiger partial charge < -0.3 is 0 Å². The van der Waals surface area contributed by atoms with E-state index < -0.39 is 6.04 Å². The third-order valence-corrected chi connectivity index (χ3v) is 6.88. The number of aryl methyl sites for hydroxylation is 3. The molecule has 0 bridgehead atoms. The average molecular weight is 390 g/mol. The number of nitrogens with zero attached hydrogens (tertiary/aromatic N) is 4. The van der Waals surface area contributed by atoms with Crippen LogP contribution in [0, 0.1) is 0 Å². The molecule has 1 amide bonds. The van der Waals surface area contributed by atoms with Gasteiger partial charge in [0.1, 0.15) is 15.9 Å². The van der Waals surface area contributed by atoms with Crippen molar-refractivity contribution in [2.45, 2.75) is 52.0 Å². The molecular weight excluding hydrogens is 370 g/mol. The Morgan fingerprint density at radius 3 is 2.88 bits per heavy atom. The highest BCUT2D eigenvalue weighted by Gasteiger charge is 2.23. The van der Waals surface area contributed by atoms with Gasteiger partial charge in [0.15, 0.2) is 0 Å². The van der Waals surface area contributed by atoms with Gasteiger partial charge in [-0.3, -0.25) is 19.5 Å². The lowest BCUT2D eigenvalue weighted by Gasteiger charge is -2.14. The van der Waals surface area contributed by atoms with E-state index in [9.17, 15) is 9.59 Å². The minimum atomic E-state index is -0.674. The fourth-order valence-corrected chi connectivity index (χ4v) is 5.12. The predicted molar refractivity (Wildman–Crippen MR) is 103 cm³/mol. The summed E-state index contributed by atoms with van der Waals surface area (Å²) in [6.45, 7) is 3.68. The zero-order valence-electron chi connectivity index (χ0n) is 14.6. The second-order valence-corrected chi connectivity index (χ2v) is 8.51. The average Bonchev–Trinajstić information content (AvgIpc) is 3.25. The number of aromatic nitrogens is 4. The van der Waals surface area contributed by atoms with Crippen molar-refractivity contribution in [3.8, 4) is 0 Å². The highest BCUT2D eigenvalue weighted by Crippen LogP contribution is 2.33.